The molecule has 0 radical (unpaired) electrons. The van der Waals surface area contributed by atoms with Crippen LogP contribution in [0.3, 0.4) is 0 Å². The van der Waals surface area contributed by atoms with Crippen molar-refractivity contribution in [3.63, 3.8) is 0 Å². The Balaban J connectivity index is 4.90. The molecule has 0 aromatic heterocycles. The molecule has 7 heteroatoms. The molecule has 0 heterocycles. The fraction of sp³-hybridized carbons (Fsp3) is 0.786. The lowest BCUT2D eigenvalue weighted by atomic mass is 10.0. The van der Waals surface area contributed by atoms with Gasteiger partial charge in [0.1, 0.15) is 5.60 Å². The van der Waals surface area contributed by atoms with E-state index in [-0.39, 0.29) is 0 Å². The molecule has 21 heavy (non-hydrogen) atoms. The lowest BCUT2D eigenvalue weighted by molar-refractivity contribution is 0.0510. The SMILES string of the molecule is CC(C)C[C@@H](/C=C/S(=O)(=O)N(C)C)NC(=O)OC(C)(C)C. The average Bonchev–Trinajstić information content (AvgIpc) is 2.22. The molecular formula is C14H28N2O4S. The number of carbonyl (C=O) groups excluding carboxylic acids is 1. The maximum Gasteiger partial charge on any atom is 0.408 e. The molecular weight excluding hydrogens is 292 g/mol. The summed E-state index contributed by atoms with van der Waals surface area (Å²) in [6, 6.07) is -0.394. The summed E-state index contributed by atoms with van der Waals surface area (Å²) in [6.45, 7) is 9.32. The number of sulfonamides is 1. The Kier molecular flexibility index (Phi) is 7.39. The number of alkyl carbamates (subject to hydrolysis) is 1. The van der Waals surface area contributed by atoms with Crippen molar-refractivity contribution >= 4 is 16.1 Å². The maximum absolute atomic E-state index is 11.8. The Labute approximate surface area is 128 Å². The van der Waals surface area contributed by atoms with E-state index in [2.05, 4.69) is 5.32 Å². The van der Waals surface area contributed by atoms with E-state index in [1.54, 1.807) is 20.8 Å². The van der Waals surface area contributed by atoms with E-state index >= 15 is 0 Å². The van der Waals surface area contributed by atoms with Crippen molar-refractivity contribution in [2.75, 3.05) is 14.1 Å². The number of amides is 1. The number of rotatable bonds is 6. The second-order valence-corrected chi connectivity index (χ2v) is 8.57. The summed E-state index contributed by atoms with van der Waals surface area (Å²) in [7, 11) is -0.526. The molecule has 0 aliphatic carbocycles. The molecule has 0 spiro atoms. The number of nitrogens with zero attached hydrogens (tertiary/aromatic N) is 1. The number of ether oxygens (including phenoxy) is 1. The van der Waals surface area contributed by atoms with Crippen LogP contribution in [0, 0.1) is 5.92 Å². The second kappa shape index (κ2) is 7.79. The van der Waals surface area contributed by atoms with Crippen LogP contribution in [0.4, 0.5) is 4.79 Å². The fourth-order valence-electron chi connectivity index (χ4n) is 1.47. The van der Waals surface area contributed by atoms with Crippen LogP contribution in [0.15, 0.2) is 11.5 Å². The second-order valence-electron chi connectivity index (χ2n) is 6.54. The molecule has 0 unspecified atom stereocenters. The van der Waals surface area contributed by atoms with Crippen LogP contribution in [0.5, 0.6) is 0 Å². The summed E-state index contributed by atoms with van der Waals surface area (Å²) in [5, 5.41) is 3.79. The molecule has 0 aromatic carbocycles. The van der Waals surface area contributed by atoms with Crippen LogP contribution < -0.4 is 5.32 Å². The van der Waals surface area contributed by atoms with E-state index < -0.39 is 27.8 Å². The molecule has 0 fully saturated rings. The van der Waals surface area contributed by atoms with Crippen LogP contribution >= 0.6 is 0 Å². The third-order valence-electron chi connectivity index (χ3n) is 2.42. The Morgan fingerprint density at radius 3 is 2.19 bits per heavy atom. The minimum atomic E-state index is -3.44. The normalized spacial score (nSPS) is 14.7. The topological polar surface area (TPSA) is 75.7 Å². The van der Waals surface area contributed by atoms with E-state index in [1.165, 1.54) is 20.2 Å². The molecule has 0 rings (SSSR count). The summed E-state index contributed by atoms with van der Waals surface area (Å²) in [5.41, 5.74) is -0.591. The van der Waals surface area contributed by atoms with Crippen molar-refractivity contribution in [3.8, 4) is 0 Å². The predicted octanol–water partition coefficient (Wildman–Crippen LogP) is 2.33. The first-order valence-corrected chi connectivity index (χ1v) is 8.44. The third kappa shape index (κ3) is 9.47. The van der Waals surface area contributed by atoms with E-state index in [0.29, 0.717) is 12.3 Å². The summed E-state index contributed by atoms with van der Waals surface area (Å²) >= 11 is 0. The van der Waals surface area contributed by atoms with Crippen LogP contribution in [0.1, 0.15) is 41.0 Å². The Morgan fingerprint density at radius 2 is 1.81 bits per heavy atom. The zero-order chi connectivity index (χ0) is 16.8. The van der Waals surface area contributed by atoms with Crippen molar-refractivity contribution in [2.24, 2.45) is 5.92 Å². The van der Waals surface area contributed by atoms with Gasteiger partial charge in [-0.15, -0.1) is 0 Å². The molecule has 0 bridgehead atoms. The highest BCUT2D eigenvalue weighted by Gasteiger charge is 2.19. The zero-order valence-electron chi connectivity index (χ0n) is 14.0. The van der Waals surface area contributed by atoms with Crippen LogP contribution in [0.2, 0.25) is 0 Å². The van der Waals surface area contributed by atoms with E-state index in [9.17, 15) is 13.2 Å². The van der Waals surface area contributed by atoms with Gasteiger partial charge in [0.2, 0.25) is 10.0 Å². The van der Waals surface area contributed by atoms with Gasteiger partial charge in [-0.25, -0.2) is 17.5 Å². The van der Waals surface area contributed by atoms with Gasteiger partial charge in [-0.3, -0.25) is 0 Å². The Hall–Kier alpha value is -1.08. The highest BCUT2D eigenvalue weighted by Crippen LogP contribution is 2.11. The van der Waals surface area contributed by atoms with Crippen molar-refractivity contribution in [2.45, 2.75) is 52.7 Å². The van der Waals surface area contributed by atoms with Crippen LogP contribution in [0.25, 0.3) is 0 Å². The zero-order valence-corrected chi connectivity index (χ0v) is 14.8. The van der Waals surface area contributed by atoms with Gasteiger partial charge >= 0.3 is 6.09 Å². The van der Waals surface area contributed by atoms with Gasteiger partial charge in [-0.05, 0) is 39.2 Å². The highest BCUT2D eigenvalue weighted by molar-refractivity contribution is 7.92. The molecule has 0 saturated carbocycles. The molecule has 1 amide bonds. The largest absolute Gasteiger partial charge is 0.444 e. The number of carbonyl (C=O) groups is 1. The molecule has 6 nitrogen and oxygen atoms in total. The van der Waals surface area contributed by atoms with Gasteiger partial charge in [0, 0.05) is 19.5 Å². The van der Waals surface area contributed by atoms with E-state index in [4.69, 9.17) is 4.74 Å². The molecule has 124 valence electrons. The predicted molar refractivity (Wildman–Crippen MR) is 84.4 cm³/mol. The first kappa shape index (κ1) is 19.9. The van der Waals surface area contributed by atoms with E-state index in [1.807, 2.05) is 13.8 Å². The highest BCUT2D eigenvalue weighted by atomic mass is 32.2. The summed E-state index contributed by atoms with van der Waals surface area (Å²) < 4.78 is 29.8. The third-order valence-corrected chi connectivity index (χ3v) is 3.94. The van der Waals surface area contributed by atoms with Crippen LogP contribution in [-0.4, -0.2) is 44.6 Å². The van der Waals surface area contributed by atoms with Gasteiger partial charge in [0.05, 0.1) is 6.04 Å². The van der Waals surface area contributed by atoms with Crippen molar-refractivity contribution in [1.29, 1.82) is 0 Å². The number of hydrogen-bond donors (Lipinski definition) is 1. The number of nitrogens with one attached hydrogen (secondary N) is 1. The van der Waals surface area contributed by atoms with Crippen LogP contribution in [-0.2, 0) is 14.8 Å². The summed E-state index contributed by atoms with van der Waals surface area (Å²) in [4.78, 5) is 11.8. The maximum atomic E-state index is 11.8. The minimum absolute atomic E-state index is 0.302. The smallest absolute Gasteiger partial charge is 0.408 e. The summed E-state index contributed by atoms with van der Waals surface area (Å²) in [5.74, 6) is 0.302. The first-order valence-electron chi connectivity index (χ1n) is 6.93. The first-order chi connectivity index (χ1) is 9.33. The van der Waals surface area contributed by atoms with Crippen molar-refractivity contribution < 1.29 is 17.9 Å². The van der Waals surface area contributed by atoms with Gasteiger partial charge in [-0.1, -0.05) is 13.8 Å². The standard InChI is InChI=1S/C14H28N2O4S/c1-11(2)10-12(8-9-21(18,19)16(6)7)15-13(17)20-14(3,4)5/h8-9,11-12H,10H2,1-7H3,(H,15,17)/b9-8+/t12-/m1/s1. The quantitative estimate of drug-likeness (QED) is 0.815. The lowest BCUT2D eigenvalue weighted by Crippen LogP contribution is -2.39. The summed E-state index contributed by atoms with van der Waals surface area (Å²) in [6.07, 6.45) is 1.55. The molecule has 0 aliphatic rings. The number of hydrogen-bond acceptors (Lipinski definition) is 4. The van der Waals surface area contributed by atoms with Gasteiger partial charge < -0.3 is 10.1 Å². The van der Waals surface area contributed by atoms with E-state index in [0.717, 1.165) is 9.71 Å². The monoisotopic (exact) mass is 320 g/mol. The van der Waals surface area contributed by atoms with Gasteiger partial charge in [0.15, 0.2) is 0 Å². The van der Waals surface area contributed by atoms with Gasteiger partial charge in [-0.2, -0.15) is 0 Å². The molecule has 1 N–H and O–H groups in total. The minimum Gasteiger partial charge on any atom is -0.444 e. The molecule has 0 aliphatic heterocycles. The van der Waals surface area contributed by atoms with Gasteiger partial charge in [0.25, 0.3) is 0 Å². The van der Waals surface area contributed by atoms with Crippen molar-refractivity contribution in [1.82, 2.24) is 9.62 Å². The Bertz CT molecular complexity index is 462. The fourth-order valence-corrected chi connectivity index (χ4v) is 2.10. The molecule has 0 saturated heterocycles. The lowest BCUT2D eigenvalue weighted by Gasteiger charge is -2.23. The Morgan fingerprint density at radius 1 is 1.29 bits per heavy atom. The average molecular weight is 320 g/mol. The molecule has 1 atom stereocenters. The van der Waals surface area contributed by atoms with Crippen molar-refractivity contribution in [3.05, 3.63) is 11.5 Å². The molecule has 0 aromatic rings.